The Kier molecular flexibility index (Phi) is 4.64. The zero-order valence-corrected chi connectivity index (χ0v) is 13.6. The summed E-state index contributed by atoms with van der Waals surface area (Å²) in [6.07, 6.45) is 0. The minimum absolute atomic E-state index is 0.468. The van der Waals surface area contributed by atoms with Crippen LogP contribution in [0.5, 0.6) is 0 Å². The summed E-state index contributed by atoms with van der Waals surface area (Å²) >= 11 is 5.27. The molecule has 0 fully saturated rings. The molecular weight excluding hydrogens is 302 g/mol. The third-order valence-corrected chi connectivity index (χ3v) is 3.73. The number of hydrogen-bond acceptors (Lipinski definition) is 2. The fourth-order valence-electron chi connectivity index (χ4n) is 2.42. The van der Waals surface area contributed by atoms with E-state index in [0.717, 1.165) is 17.0 Å². The van der Waals surface area contributed by atoms with E-state index in [2.05, 4.69) is 40.1 Å². The fourth-order valence-corrected chi connectivity index (χ4v) is 2.58. The van der Waals surface area contributed by atoms with Crippen molar-refractivity contribution in [1.29, 1.82) is 0 Å². The summed E-state index contributed by atoms with van der Waals surface area (Å²) < 4.78 is 0. The van der Waals surface area contributed by atoms with Crippen molar-refractivity contribution in [3.63, 3.8) is 0 Å². The van der Waals surface area contributed by atoms with Crippen molar-refractivity contribution in [2.75, 3.05) is 5.32 Å². The maximum Gasteiger partial charge on any atom is 0.191 e. The minimum atomic E-state index is 0.468. The molecule has 0 atom stereocenters. The van der Waals surface area contributed by atoms with E-state index in [1.54, 1.807) is 0 Å². The van der Waals surface area contributed by atoms with Gasteiger partial charge in [-0.05, 0) is 42.0 Å². The standard InChI is InChI=1S/C19H17N3S/c1-14(17-13-7-9-15-8-5-6-12-18(15)17)21-22-19(23)20-16-10-3-2-4-11-16/h2-13H,1H3,(H2,20,22,23)/b21-14-. The maximum absolute atomic E-state index is 5.27. The van der Waals surface area contributed by atoms with Gasteiger partial charge in [0.05, 0.1) is 5.71 Å². The van der Waals surface area contributed by atoms with Crippen molar-refractivity contribution in [1.82, 2.24) is 5.43 Å². The summed E-state index contributed by atoms with van der Waals surface area (Å²) in [6.45, 7) is 1.97. The van der Waals surface area contributed by atoms with E-state index < -0.39 is 0 Å². The Morgan fingerprint density at radius 1 is 0.870 bits per heavy atom. The van der Waals surface area contributed by atoms with E-state index in [1.165, 1.54) is 10.8 Å². The van der Waals surface area contributed by atoms with Gasteiger partial charge in [-0.2, -0.15) is 5.10 Å². The first kappa shape index (κ1) is 15.2. The zero-order chi connectivity index (χ0) is 16.1. The Hall–Kier alpha value is -2.72. The first-order valence-corrected chi connectivity index (χ1v) is 7.79. The fraction of sp³-hybridized carbons (Fsp3) is 0.0526. The molecule has 0 aliphatic rings. The average molecular weight is 319 g/mol. The summed E-state index contributed by atoms with van der Waals surface area (Å²) in [4.78, 5) is 0. The second-order valence-corrected chi connectivity index (χ2v) is 5.56. The molecule has 0 saturated carbocycles. The second kappa shape index (κ2) is 7.03. The summed E-state index contributed by atoms with van der Waals surface area (Å²) in [5.41, 5.74) is 5.82. The smallest absolute Gasteiger partial charge is 0.191 e. The first-order valence-electron chi connectivity index (χ1n) is 7.38. The van der Waals surface area contributed by atoms with E-state index in [1.807, 2.05) is 55.5 Å². The molecule has 4 heteroatoms. The van der Waals surface area contributed by atoms with E-state index in [-0.39, 0.29) is 0 Å². The monoisotopic (exact) mass is 319 g/mol. The third kappa shape index (κ3) is 3.73. The largest absolute Gasteiger partial charge is 0.331 e. The molecule has 3 aromatic rings. The van der Waals surface area contributed by atoms with Crippen LogP contribution in [-0.2, 0) is 0 Å². The molecule has 3 rings (SSSR count). The van der Waals surface area contributed by atoms with Crippen LogP contribution in [0.25, 0.3) is 10.8 Å². The molecular formula is C19H17N3S. The van der Waals surface area contributed by atoms with Crippen molar-refractivity contribution >= 4 is 39.5 Å². The summed E-state index contributed by atoms with van der Waals surface area (Å²) in [6, 6.07) is 24.3. The highest BCUT2D eigenvalue weighted by Crippen LogP contribution is 2.19. The Labute approximate surface area is 141 Å². The lowest BCUT2D eigenvalue weighted by molar-refractivity contribution is 1.04. The van der Waals surface area contributed by atoms with Crippen molar-refractivity contribution in [2.24, 2.45) is 5.10 Å². The Morgan fingerprint density at radius 2 is 1.57 bits per heavy atom. The van der Waals surface area contributed by atoms with Crippen LogP contribution in [0.3, 0.4) is 0 Å². The number of hydrogen-bond donors (Lipinski definition) is 2. The molecule has 23 heavy (non-hydrogen) atoms. The summed E-state index contributed by atoms with van der Waals surface area (Å²) in [5.74, 6) is 0. The lowest BCUT2D eigenvalue weighted by atomic mass is 10.0. The van der Waals surface area contributed by atoms with Crippen LogP contribution in [0.15, 0.2) is 77.9 Å². The zero-order valence-electron chi connectivity index (χ0n) is 12.8. The lowest BCUT2D eigenvalue weighted by Crippen LogP contribution is -2.24. The molecule has 0 heterocycles. The van der Waals surface area contributed by atoms with Gasteiger partial charge in [0.15, 0.2) is 5.11 Å². The van der Waals surface area contributed by atoms with Crippen LogP contribution in [-0.4, -0.2) is 10.8 Å². The van der Waals surface area contributed by atoms with Crippen LogP contribution in [0, 0.1) is 0 Å². The van der Waals surface area contributed by atoms with E-state index in [9.17, 15) is 0 Å². The molecule has 2 N–H and O–H groups in total. The third-order valence-electron chi connectivity index (χ3n) is 3.54. The van der Waals surface area contributed by atoms with Crippen LogP contribution < -0.4 is 10.7 Å². The highest BCUT2D eigenvalue weighted by Gasteiger charge is 2.04. The number of benzene rings is 3. The number of thiocarbonyl (C=S) groups is 1. The normalized spacial score (nSPS) is 11.3. The van der Waals surface area contributed by atoms with Crippen molar-refractivity contribution < 1.29 is 0 Å². The van der Waals surface area contributed by atoms with Crippen molar-refractivity contribution in [3.05, 3.63) is 78.4 Å². The Bertz CT molecular complexity index is 851. The molecule has 0 bridgehead atoms. The number of anilines is 1. The minimum Gasteiger partial charge on any atom is -0.331 e. The van der Waals surface area contributed by atoms with Gasteiger partial charge < -0.3 is 5.32 Å². The molecule has 0 aliphatic carbocycles. The Balaban J connectivity index is 1.75. The predicted molar refractivity (Wildman–Crippen MR) is 102 cm³/mol. The molecule has 0 radical (unpaired) electrons. The highest BCUT2D eigenvalue weighted by molar-refractivity contribution is 7.80. The predicted octanol–water partition coefficient (Wildman–Crippen LogP) is 4.55. The lowest BCUT2D eigenvalue weighted by Gasteiger charge is -2.09. The maximum atomic E-state index is 5.27. The summed E-state index contributed by atoms with van der Waals surface area (Å²) in [7, 11) is 0. The number of para-hydroxylation sites is 1. The van der Waals surface area contributed by atoms with Gasteiger partial charge in [0.25, 0.3) is 0 Å². The molecule has 114 valence electrons. The molecule has 0 unspecified atom stereocenters. The molecule has 3 nitrogen and oxygen atoms in total. The number of rotatable bonds is 3. The van der Waals surface area contributed by atoms with Gasteiger partial charge in [0.1, 0.15) is 0 Å². The van der Waals surface area contributed by atoms with Crippen LogP contribution >= 0.6 is 12.2 Å². The highest BCUT2D eigenvalue weighted by atomic mass is 32.1. The molecule has 0 saturated heterocycles. The molecule has 0 amide bonds. The van der Waals surface area contributed by atoms with Gasteiger partial charge in [0.2, 0.25) is 0 Å². The first-order chi connectivity index (χ1) is 11.2. The topological polar surface area (TPSA) is 36.4 Å². The van der Waals surface area contributed by atoms with Crippen molar-refractivity contribution in [3.8, 4) is 0 Å². The van der Waals surface area contributed by atoms with E-state index >= 15 is 0 Å². The molecule has 0 spiro atoms. The molecule has 3 aromatic carbocycles. The van der Waals surface area contributed by atoms with E-state index in [0.29, 0.717) is 5.11 Å². The SMILES string of the molecule is C/C(=N/NC(=S)Nc1ccccc1)c1cccc2ccccc12. The van der Waals surface area contributed by atoms with Gasteiger partial charge in [-0.1, -0.05) is 60.7 Å². The number of nitrogens with zero attached hydrogens (tertiary/aromatic N) is 1. The number of nitrogens with one attached hydrogen (secondary N) is 2. The van der Waals surface area contributed by atoms with Gasteiger partial charge in [0, 0.05) is 11.3 Å². The second-order valence-electron chi connectivity index (χ2n) is 5.16. The van der Waals surface area contributed by atoms with Crippen LogP contribution in [0.1, 0.15) is 12.5 Å². The van der Waals surface area contributed by atoms with Crippen molar-refractivity contribution in [2.45, 2.75) is 6.92 Å². The number of hydrazone groups is 1. The van der Waals surface area contributed by atoms with Gasteiger partial charge in [-0.15, -0.1) is 0 Å². The van der Waals surface area contributed by atoms with E-state index in [4.69, 9.17) is 12.2 Å². The van der Waals surface area contributed by atoms with Gasteiger partial charge >= 0.3 is 0 Å². The molecule has 0 aliphatic heterocycles. The molecule has 0 aromatic heterocycles. The quantitative estimate of drug-likeness (QED) is 0.422. The summed E-state index contributed by atoms with van der Waals surface area (Å²) in [5, 5.41) is 10.4. The Morgan fingerprint density at radius 3 is 2.39 bits per heavy atom. The average Bonchev–Trinajstić information content (AvgIpc) is 2.60. The van der Waals surface area contributed by atoms with Gasteiger partial charge in [-0.3, -0.25) is 5.43 Å². The van der Waals surface area contributed by atoms with Crippen LogP contribution in [0.4, 0.5) is 5.69 Å². The van der Waals surface area contributed by atoms with Crippen LogP contribution in [0.2, 0.25) is 0 Å². The number of fused-ring (bicyclic) bond motifs is 1. The van der Waals surface area contributed by atoms with Gasteiger partial charge in [-0.25, -0.2) is 0 Å².